The SMILES string of the molecule is CS(=O)(=O)c1ccc(NCCNC(=O)C23CC4CC(C2)CC(c2ccccc2)(C4)C3)c([N+](=O)[O-])c1. The van der Waals surface area contributed by atoms with Crippen molar-refractivity contribution in [2.24, 2.45) is 17.3 Å². The average Bonchev–Trinajstić information content (AvgIpc) is 2.80. The van der Waals surface area contributed by atoms with Crippen LogP contribution in [0.2, 0.25) is 0 Å². The molecule has 186 valence electrons. The van der Waals surface area contributed by atoms with Gasteiger partial charge in [-0.05, 0) is 73.5 Å². The van der Waals surface area contributed by atoms with Crippen molar-refractivity contribution < 1.29 is 18.1 Å². The summed E-state index contributed by atoms with van der Waals surface area (Å²) in [5.74, 6) is 1.25. The van der Waals surface area contributed by atoms with Gasteiger partial charge in [0.05, 0.1) is 15.2 Å². The molecule has 0 radical (unpaired) electrons. The minimum Gasteiger partial charge on any atom is -0.378 e. The fraction of sp³-hybridized carbons (Fsp3) is 0.500. The van der Waals surface area contributed by atoms with Gasteiger partial charge in [0.2, 0.25) is 5.91 Å². The summed E-state index contributed by atoms with van der Waals surface area (Å²) in [6.07, 6.45) is 7.33. The van der Waals surface area contributed by atoms with E-state index < -0.39 is 14.8 Å². The molecule has 2 aromatic carbocycles. The third kappa shape index (κ3) is 4.42. The Balaban J connectivity index is 1.25. The molecule has 6 rings (SSSR count). The molecular formula is C26H31N3O5S. The van der Waals surface area contributed by atoms with E-state index in [4.69, 9.17) is 0 Å². The Bertz CT molecular complexity index is 1250. The van der Waals surface area contributed by atoms with E-state index in [0.717, 1.165) is 44.4 Å². The average molecular weight is 498 g/mol. The Morgan fingerprint density at radius 1 is 1.06 bits per heavy atom. The molecule has 4 bridgehead atoms. The maximum atomic E-state index is 13.5. The van der Waals surface area contributed by atoms with E-state index in [1.807, 2.05) is 6.07 Å². The molecule has 2 unspecified atom stereocenters. The number of nitro benzene ring substituents is 1. The number of sulfone groups is 1. The standard InChI is InChI=1S/C26H31N3O5S/c1-35(33,34)21-7-8-22(23(12-21)29(31)32)27-9-10-28-24(30)26-15-18-11-19(16-26)14-25(13-18,17-26)20-5-3-2-4-6-20/h2-8,12,18-19,27H,9-11,13-17H2,1H3,(H,28,30). The number of hydrogen-bond acceptors (Lipinski definition) is 6. The molecular weight excluding hydrogens is 466 g/mol. The van der Waals surface area contributed by atoms with Crippen LogP contribution in [-0.4, -0.2) is 38.6 Å². The molecule has 2 N–H and O–H groups in total. The first-order valence-electron chi connectivity index (χ1n) is 12.2. The van der Waals surface area contributed by atoms with Gasteiger partial charge in [-0.2, -0.15) is 0 Å². The van der Waals surface area contributed by atoms with Crippen molar-refractivity contribution in [3.05, 3.63) is 64.2 Å². The van der Waals surface area contributed by atoms with E-state index in [1.165, 1.54) is 24.1 Å². The Morgan fingerprint density at radius 3 is 2.37 bits per heavy atom. The van der Waals surface area contributed by atoms with E-state index >= 15 is 0 Å². The number of hydrogen-bond donors (Lipinski definition) is 2. The van der Waals surface area contributed by atoms with Crippen LogP contribution in [0.1, 0.15) is 44.1 Å². The maximum absolute atomic E-state index is 13.5. The fourth-order valence-electron chi connectivity index (χ4n) is 7.26. The number of benzene rings is 2. The van der Waals surface area contributed by atoms with Crippen LogP contribution in [-0.2, 0) is 20.0 Å². The third-order valence-electron chi connectivity index (χ3n) is 8.25. The third-order valence-corrected chi connectivity index (χ3v) is 9.36. The largest absolute Gasteiger partial charge is 0.378 e. The molecule has 1 amide bonds. The molecule has 0 heterocycles. The predicted molar refractivity (Wildman–Crippen MR) is 133 cm³/mol. The quantitative estimate of drug-likeness (QED) is 0.323. The van der Waals surface area contributed by atoms with Crippen LogP contribution in [0.3, 0.4) is 0 Å². The van der Waals surface area contributed by atoms with Crippen molar-refractivity contribution >= 4 is 27.1 Å². The summed E-state index contributed by atoms with van der Waals surface area (Å²) in [4.78, 5) is 24.2. The molecule has 9 heteroatoms. The van der Waals surface area contributed by atoms with Gasteiger partial charge in [0.1, 0.15) is 5.69 Å². The highest BCUT2D eigenvalue weighted by molar-refractivity contribution is 7.90. The summed E-state index contributed by atoms with van der Waals surface area (Å²) in [7, 11) is -3.55. The fourth-order valence-corrected chi connectivity index (χ4v) is 7.90. The molecule has 0 aliphatic heterocycles. The van der Waals surface area contributed by atoms with E-state index in [0.29, 0.717) is 24.9 Å². The summed E-state index contributed by atoms with van der Waals surface area (Å²) in [5.41, 5.74) is 1.03. The predicted octanol–water partition coefficient (Wildman–Crippen LogP) is 4.06. The Labute approximate surface area is 205 Å². The molecule has 2 aromatic rings. The number of amides is 1. The molecule has 0 saturated heterocycles. The van der Waals surface area contributed by atoms with E-state index in [2.05, 4.69) is 34.9 Å². The first-order valence-corrected chi connectivity index (χ1v) is 14.1. The van der Waals surface area contributed by atoms with E-state index in [-0.39, 0.29) is 33.0 Å². The highest BCUT2D eigenvalue weighted by Crippen LogP contribution is 2.65. The number of anilines is 1. The van der Waals surface area contributed by atoms with Crippen molar-refractivity contribution in [3.8, 4) is 0 Å². The molecule has 0 spiro atoms. The van der Waals surface area contributed by atoms with Crippen molar-refractivity contribution in [1.29, 1.82) is 0 Å². The van der Waals surface area contributed by atoms with Crippen molar-refractivity contribution in [2.45, 2.75) is 48.8 Å². The van der Waals surface area contributed by atoms with Gasteiger partial charge in [0.25, 0.3) is 5.69 Å². The second-order valence-corrected chi connectivity index (χ2v) is 12.8. The molecule has 4 fully saturated rings. The molecule has 35 heavy (non-hydrogen) atoms. The van der Waals surface area contributed by atoms with Gasteiger partial charge in [-0.1, -0.05) is 30.3 Å². The lowest BCUT2D eigenvalue weighted by atomic mass is 9.42. The number of nitro groups is 1. The minimum absolute atomic E-state index is 0.0862. The number of carbonyl (C=O) groups is 1. The number of carbonyl (C=O) groups excluding carboxylic acids is 1. The Hall–Kier alpha value is -2.94. The van der Waals surface area contributed by atoms with Crippen molar-refractivity contribution in [2.75, 3.05) is 24.7 Å². The Kier molecular flexibility index (Phi) is 5.86. The number of rotatable bonds is 8. The van der Waals surface area contributed by atoms with Crippen molar-refractivity contribution in [1.82, 2.24) is 5.32 Å². The van der Waals surface area contributed by atoms with Crippen molar-refractivity contribution in [3.63, 3.8) is 0 Å². The van der Waals surface area contributed by atoms with Gasteiger partial charge in [-0.15, -0.1) is 0 Å². The van der Waals surface area contributed by atoms with Crippen LogP contribution in [0.4, 0.5) is 11.4 Å². The lowest BCUT2D eigenvalue weighted by Crippen LogP contribution is -2.59. The molecule has 4 aliphatic carbocycles. The van der Waals surface area contributed by atoms with Crippen LogP contribution in [0, 0.1) is 27.4 Å². The van der Waals surface area contributed by atoms with Crippen LogP contribution < -0.4 is 10.6 Å². The summed E-state index contributed by atoms with van der Waals surface area (Å²) in [6, 6.07) is 14.5. The molecule has 0 aromatic heterocycles. The first-order chi connectivity index (χ1) is 16.6. The lowest BCUT2D eigenvalue weighted by Gasteiger charge is -2.61. The summed E-state index contributed by atoms with van der Waals surface area (Å²) < 4.78 is 23.5. The van der Waals surface area contributed by atoms with Gasteiger partial charge in [-0.25, -0.2) is 8.42 Å². The monoisotopic (exact) mass is 497 g/mol. The number of nitrogens with zero attached hydrogens (tertiary/aromatic N) is 1. The van der Waals surface area contributed by atoms with Crippen LogP contribution >= 0.6 is 0 Å². The minimum atomic E-state index is -3.55. The van der Waals surface area contributed by atoms with Crippen LogP contribution in [0.15, 0.2) is 53.4 Å². The van der Waals surface area contributed by atoms with E-state index in [9.17, 15) is 23.3 Å². The van der Waals surface area contributed by atoms with Gasteiger partial charge in [-0.3, -0.25) is 14.9 Å². The van der Waals surface area contributed by atoms with Gasteiger partial charge in [0, 0.05) is 25.4 Å². The first kappa shape index (κ1) is 23.8. The highest BCUT2D eigenvalue weighted by Gasteiger charge is 2.60. The zero-order valence-corrected chi connectivity index (χ0v) is 20.6. The number of nitrogens with one attached hydrogen (secondary N) is 2. The topological polar surface area (TPSA) is 118 Å². The smallest absolute Gasteiger partial charge is 0.293 e. The summed E-state index contributed by atoms with van der Waals surface area (Å²) in [5, 5.41) is 17.5. The lowest BCUT2D eigenvalue weighted by molar-refractivity contribution is -0.384. The van der Waals surface area contributed by atoms with Gasteiger partial charge >= 0.3 is 0 Å². The highest BCUT2D eigenvalue weighted by atomic mass is 32.2. The molecule has 4 saturated carbocycles. The van der Waals surface area contributed by atoms with E-state index in [1.54, 1.807) is 0 Å². The second kappa shape index (κ2) is 8.62. The Morgan fingerprint density at radius 2 is 1.74 bits per heavy atom. The second-order valence-electron chi connectivity index (χ2n) is 10.8. The van der Waals surface area contributed by atoms with Crippen LogP contribution in [0.25, 0.3) is 0 Å². The zero-order valence-electron chi connectivity index (χ0n) is 19.8. The molecule has 4 aliphatic rings. The van der Waals surface area contributed by atoms with Gasteiger partial charge in [0.15, 0.2) is 9.84 Å². The zero-order chi connectivity index (χ0) is 24.8. The molecule has 2 atom stereocenters. The molecule has 8 nitrogen and oxygen atoms in total. The van der Waals surface area contributed by atoms with Gasteiger partial charge < -0.3 is 10.6 Å². The normalized spacial score (nSPS) is 29.1. The maximum Gasteiger partial charge on any atom is 0.293 e. The summed E-state index contributed by atoms with van der Waals surface area (Å²) in [6.45, 7) is 0.636. The van der Waals surface area contributed by atoms with Crippen LogP contribution in [0.5, 0.6) is 0 Å². The summed E-state index contributed by atoms with van der Waals surface area (Å²) >= 11 is 0.